The van der Waals surface area contributed by atoms with Crippen molar-refractivity contribution in [1.82, 2.24) is 4.90 Å². The first-order chi connectivity index (χ1) is 7.13. The zero-order chi connectivity index (χ0) is 11.3. The lowest BCUT2D eigenvalue weighted by molar-refractivity contribution is -0.131. The number of carbonyl (C=O) groups is 1. The summed E-state index contributed by atoms with van der Waals surface area (Å²) >= 11 is 0. The summed E-state index contributed by atoms with van der Waals surface area (Å²) in [7, 11) is 0. The third-order valence-corrected chi connectivity index (χ3v) is 2.78. The summed E-state index contributed by atoms with van der Waals surface area (Å²) in [5, 5.41) is 0. The second kappa shape index (κ2) is 5.91. The van der Waals surface area contributed by atoms with E-state index in [1.54, 1.807) is 0 Å². The zero-order valence-corrected chi connectivity index (χ0v) is 9.83. The van der Waals surface area contributed by atoms with Gasteiger partial charge in [0, 0.05) is 25.6 Å². The van der Waals surface area contributed by atoms with Crippen LogP contribution in [0.1, 0.15) is 39.5 Å². The molecule has 3 heteroatoms. The van der Waals surface area contributed by atoms with Crippen molar-refractivity contribution >= 4 is 5.91 Å². The van der Waals surface area contributed by atoms with Gasteiger partial charge in [0.15, 0.2) is 0 Å². The van der Waals surface area contributed by atoms with Crippen LogP contribution in [0.5, 0.6) is 0 Å². The quantitative estimate of drug-likeness (QED) is 0.718. The van der Waals surface area contributed by atoms with Crippen LogP contribution in [0.4, 0.5) is 0 Å². The molecule has 0 bridgehead atoms. The Labute approximate surface area is 92.3 Å². The van der Waals surface area contributed by atoms with E-state index < -0.39 is 0 Å². The molecule has 0 saturated carbocycles. The Morgan fingerprint density at radius 3 is 3.00 bits per heavy atom. The SMILES string of the molecule is CCCC(N)CC(=O)N1CCC=C(C)C1. The number of nitrogens with zero attached hydrogens (tertiary/aromatic N) is 1. The highest BCUT2D eigenvalue weighted by atomic mass is 16.2. The van der Waals surface area contributed by atoms with Crippen LogP contribution in [0.25, 0.3) is 0 Å². The van der Waals surface area contributed by atoms with E-state index in [1.807, 2.05) is 4.90 Å². The number of carbonyl (C=O) groups excluding carboxylic acids is 1. The molecule has 0 saturated heterocycles. The summed E-state index contributed by atoms with van der Waals surface area (Å²) in [6.07, 6.45) is 5.68. The zero-order valence-electron chi connectivity index (χ0n) is 9.83. The molecular weight excluding hydrogens is 188 g/mol. The molecular formula is C12H22N2O. The molecule has 3 nitrogen and oxygen atoms in total. The lowest BCUT2D eigenvalue weighted by Gasteiger charge is -2.27. The molecule has 1 unspecified atom stereocenters. The maximum absolute atomic E-state index is 11.8. The van der Waals surface area contributed by atoms with Crippen LogP contribution in [-0.2, 0) is 4.79 Å². The minimum absolute atomic E-state index is 0.0358. The average Bonchev–Trinajstić information content (AvgIpc) is 2.18. The lowest BCUT2D eigenvalue weighted by atomic mass is 10.1. The third kappa shape index (κ3) is 4.04. The van der Waals surface area contributed by atoms with E-state index in [9.17, 15) is 4.79 Å². The molecule has 1 rings (SSSR count). The Kier molecular flexibility index (Phi) is 4.82. The van der Waals surface area contributed by atoms with Gasteiger partial charge in [0.2, 0.25) is 5.91 Å². The molecule has 15 heavy (non-hydrogen) atoms. The van der Waals surface area contributed by atoms with Gasteiger partial charge in [-0.2, -0.15) is 0 Å². The molecule has 0 aromatic carbocycles. The third-order valence-electron chi connectivity index (χ3n) is 2.78. The first-order valence-electron chi connectivity index (χ1n) is 5.82. The molecule has 2 N–H and O–H groups in total. The van der Waals surface area contributed by atoms with Crippen molar-refractivity contribution in [3.05, 3.63) is 11.6 Å². The van der Waals surface area contributed by atoms with E-state index in [4.69, 9.17) is 5.73 Å². The number of hydrogen-bond donors (Lipinski definition) is 1. The van der Waals surface area contributed by atoms with Crippen LogP contribution < -0.4 is 5.73 Å². The molecule has 0 aliphatic carbocycles. The maximum atomic E-state index is 11.8. The minimum Gasteiger partial charge on any atom is -0.338 e. The van der Waals surface area contributed by atoms with Gasteiger partial charge in [-0.25, -0.2) is 0 Å². The number of amides is 1. The van der Waals surface area contributed by atoms with Crippen molar-refractivity contribution in [2.24, 2.45) is 5.73 Å². The first-order valence-corrected chi connectivity index (χ1v) is 5.82. The monoisotopic (exact) mass is 210 g/mol. The Morgan fingerprint density at radius 2 is 2.40 bits per heavy atom. The van der Waals surface area contributed by atoms with Gasteiger partial charge in [0.1, 0.15) is 0 Å². The average molecular weight is 210 g/mol. The van der Waals surface area contributed by atoms with E-state index in [0.29, 0.717) is 6.42 Å². The van der Waals surface area contributed by atoms with Crippen LogP contribution in [0.2, 0.25) is 0 Å². The van der Waals surface area contributed by atoms with Crippen LogP contribution in [0, 0.1) is 0 Å². The summed E-state index contributed by atoms with van der Waals surface area (Å²) in [6.45, 7) is 5.82. The Bertz CT molecular complexity index is 248. The van der Waals surface area contributed by atoms with Gasteiger partial charge in [0.25, 0.3) is 0 Å². The standard InChI is InChI=1S/C12H22N2O/c1-3-5-11(13)8-12(15)14-7-4-6-10(2)9-14/h6,11H,3-5,7-9,13H2,1-2H3. The summed E-state index contributed by atoms with van der Waals surface area (Å²) in [6, 6.07) is 0.0358. The normalized spacial score (nSPS) is 18.6. The second-order valence-corrected chi connectivity index (χ2v) is 4.41. The molecule has 1 atom stereocenters. The lowest BCUT2D eigenvalue weighted by Crippen LogP contribution is -2.38. The number of hydrogen-bond acceptors (Lipinski definition) is 2. The molecule has 0 aromatic heterocycles. The number of rotatable bonds is 4. The van der Waals surface area contributed by atoms with Gasteiger partial charge in [-0.15, -0.1) is 0 Å². The van der Waals surface area contributed by atoms with E-state index in [-0.39, 0.29) is 11.9 Å². The van der Waals surface area contributed by atoms with E-state index in [1.165, 1.54) is 5.57 Å². The van der Waals surface area contributed by atoms with E-state index >= 15 is 0 Å². The van der Waals surface area contributed by atoms with Gasteiger partial charge in [-0.05, 0) is 19.8 Å². The van der Waals surface area contributed by atoms with Crippen LogP contribution in [0.15, 0.2) is 11.6 Å². The number of nitrogens with two attached hydrogens (primary N) is 1. The molecule has 1 aliphatic rings. The Hall–Kier alpha value is -0.830. The summed E-state index contributed by atoms with van der Waals surface area (Å²) in [5.41, 5.74) is 7.15. The van der Waals surface area contributed by atoms with Crippen molar-refractivity contribution in [2.45, 2.75) is 45.6 Å². The maximum Gasteiger partial charge on any atom is 0.224 e. The Morgan fingerprint density at radius 1 is 1.67 bits per heavy atom. The van der Waals surface area contributed by atoms with Gasteiger partial charge in [-0.1, -0.05) is 25.0 Å². The highest BCUT2D eigenvalue weighted by Gasteiger charge is 2.18. The summed E-state index contributed by atoms with van der Waals surface area (Å²) in [4.78, 5) is 13.8. The smallest absolute Gasteiger partial charge is 0.224 e. The Balaban J connectivity index is 2.37. The molecule has 1 aliphatic heterocycles. The minimum atomic E-state index is 0.0358. The molecule has 0 spiro atoms. The largest absolute Gasteiger partial charge is 0.338 e. The predicted molar refractivity (Wildman–Crippen MR) is 62.5 cm³/mol. The van der Waals surface area contributed by atoms with Crippen LogP contribution in [-0.4, -0.2) is 29.9 Å². The second-order valence-electron chi connectivity index (χ2n) is 4.41. The summed E-state index contributed by atoms with van der Waals surface area (Å²) in [5.74, 6) is 0.211. The molecule has 0 radical (unpaired) electrons. The highest BCUT2D eigenvalue weighted by molar-refractivity contribution is 5.77. The fraction of sp³-hybridized carbons (Fsp3) is 0.750. The van der Waals surface area contributed by atoms with Crippen molar-refractivity contribution in [1.29, 1.82) is 0 Å². The topological polar surface area (TPSA) is 46.3 Å². The summed E-state index contributed by atoms with van der Waals surface area (Å²) < 4.78 is 0. The van der Waals surface area contributed by atoms with E-state index in [2.05, 4.69) is 19.9 Å². The predicted octanol–water partition coefficient (Wildman–Crippen LogP) is 1.68. The first kappa shape index (κ1) is 12.2. The molecule has 86 valence electrons. The molecule has 0 aromatic rings. The van der Waals surface area contributed by atoms with Gasteiger partial charge in [0.05, 0.1) is 0 Å². The highest BCUT2D eigenvalue weighted by Crippen LogP contribution is 2.11. The van der Waals surface area contributed by atoms with Crippen LogP contribution >= 0.6 is 0 Å². The van der Waals surface area contributed by atoms with Crippen molar-refractivity contribution in [2.75, 3.05) is 13.1 Å². The van der Waals surface area contributed by atoms with E-state index in [0.717, 1.165) is 32.4 Å². The van der Waals surface area contributed by atoms with Gasteiger partial charge < -0.3 is 10.6 Å². The fourth-order valence-corrected chi connectivity index (χ4v) is 1.95. The molecule has 0 fully saturated rings. The van der Waals surface area contributed by atoms with Gasteiger partial charge >= 0.3 is 0 Å². The fourth-order valence-electron chi connectivity index (χ4n) is 1.95. The van der Waals surface area contributed by atoms with Crippen molar-refractivity contribution < 1.29 is 4.79 Å². The molecule has 1 amide bonds. The van der Waals surface area contributed by atoms with Crippen molar-refractivity contribution in [3.63, 3.8) is 0 Å². The van der Waals surface area contributed by atoms with Gasteiger partial charge in [-0.3, -0.25) is 4.79 Å². The molecule has 1 heterocycles. The van der Waals surface area contributed by atoms with Crippen molar-refractivity contribution in [3.8, 4) is 0 Å². The van der Waals surface area contributed by atoms with Crippen LogP contribution in [0.3, 0.4) is 0 Å².